The van der Waals surface area contributed by atoms with E-state index in [2.05, 4.69) is 22.1 Å². The number of hydrogen-bond donors (Lipinski definition) is 1. The molecule has 3 rings (SSSR count). The van der Waals surface area contributed by atoms with E-state index in [0.717, 1.165) is 16.3 Å². The lowest BCUT2D eigenvalue weighted by Gasteiger charge is -2.09. The molecule has 128 valence electrons. The standard InChI is InChI=1S/C17H15N3O3S2/c1-2-10-24-14-8-4-3-6-12(14)18-15(21)11-25-17-20-19-16(23-17)13-7-5-9-22-13/h2-9H,1,10-11H2,(H,18,21). The first-order valence-corrected chi connectivity index (χ1v) is 9.36. The van der Waals surface area contributed by atoms with Gasteiger partial charge in [-0.2, -0.15) is 0 Å². The number of benzene rings is 1. The number of thioether (sulfide) groups is 2. The quantitative estimate of drug-likeness (QED) is 0.465. The second kappa shape index (κ2) is 8.59. The zero-order valence-corrected chi connectivity index (χ0v) is 14.8. The highest BCUT2D eigenvalue weighted by Crippen LogP contribution is 2.28. The van der Waals surface area contributed by atoms with Crippen molar-refractivity contribution in [2.45, 2.75) is 10.1 Å². The lowest BCUT2D eigenvalue weighted by Crippen LogP contribution is -2.14. The highest BCUT2D eigenvalue weighted by Gasteiger charge is 2.13. The summed E-state index contributed by atoms with van der Waals surface area (Å²) in [6, 6.07) is 11.1. The maximum Gasteiger partial charge on any atom is 0.284 e. The first-order chi connectivity index (χ1) is 12.3. The molecule has 0 aliphatic heterocycles. The van der Waals surface area contributed by atoms with Crippen LogP contribution in [0.1, 0.15) is 0 Å². The fourth-order valence-corrected chi connectivity index (χ4v) is 3.24. The summed E-state index contributed by atoms with van der Waals surface area (Å²) in [6.07, 6.45) is 3.35. The van der Waals surface area contributed by atoms with Crippen LogP contribution >= 0.6 is 23.5 Å². The second-order valence-electron chi connectivity index (χ2n) is 4.78. The van der Waals surface area contributed by atoms with Gasteiger partial charge in [0.25, 0.3) is 11.1 Å². The number of carbonyl (C=O) groups is 1. The molecule has 3 aromatic rings. The maximum absolute atomic E-state index is 12.2. The monoisotopic (exact) mass is 373 g/mol. The molecule has 0 aliphatic carbocycles. The molecule has 2 aromatic heterocycles. The molecular weight excluding hydrogens is 358 g/mol. The summed E-state index contributed by atoms with van der Waals surface area (Å²) in [4.78, 5) is 13.2. The molecule has 0 aliphatic rings. The largest absolute Gasteiger partial charge is 0.459 e. The summed E-state index contributed by atoms with van der Waals surface area (Å²) in [5.41, 5.74) is 0.779. The molecule has 8 heteroatoms. The van der Waals surface area contributed by atoms with Gasteiger partial charge in [0, 0.05) is 10.6 Å². The number of carbonyl (C=O) groups excluding carboxylic acids is 1. The molecule has 0 bridgehead atoms. The average molecular weight is 373 g/mol. The summed E-state index contributed by atoms with van der Waals surface area (Å²) in [5.74, 6) is 1.59. The highest BCUT2D eigenvalue weighted by molar-refractivity contribution is 8.00. The van der Waals surface area contributed by atoms with Gasteiger partial charge < -0.3 is 14.2 Å². The van der Waals surface area contributed by atoms with Crippen LogP contribution in [-0.2, 0) is 4.79 Å². The van der Waals surface area contributed by atoms with Crippen LogP contribution in [0.25, 0.3) is 11.7 Å². The predicted molar refractivity (Wildman–Crippen MR) is 98.7 cm³/mol. The van der Waals surface area contributed by atoms with Gasteiger partial charge in [-0.25, -0.2) is 0 Å². The number of amides is 1. The zero-order chi connectivity index (χ0) is 17.5. The fourth-order valence-electron chi connectivity index (χ4n) is 1.93. The first kappa shape index (κ1) is 17.4. The summed E-state index contributed by atoms with van der Waals surface area (Å²) >= 11 is 2.79. The van der Waals surface area contributed by atoms with E-state index in [-0.39, 0.29) is 11.7 Å². The van der Waals surface area contributed by atoms with Crippen molar-refractivity contribution in [2.24, 2.45) is 0 Å². The minimum Gasteiger partial charge on any atom is -0.459 e. The van der Waals surface area contributed by atoms with Crippen LogP contribution in [0.2, 0.25) is 0 Å². The van der Waals surface area contributed by atoms with Crippen LogP contribution in [-0.4, -0.2) is 27.6 Å². The van der Waals surface area contributed by atoms with Gasteiger partial charge in [-0.1, -0.05) is 30.0 Å². The van der Waals surface area contributed by atoms with Crippen LogP contribution in [0.3, 0.4) is 0 Å². The summed E-state index contributed by atoms with van der Waals surface area (Å²) in [5, 5.41) is 11.0. The third-order valence-corrected chi connectivity index (χ3v) is 4.87. The zero-order valence-electron chi connectivity index (χ0n) is 13.2. The van der Waals surface area contributed by atoms with E-state index in [1.165, 1.54) is 18.0 Å². The fraction of sp³-hybridized carbons (Fsp3) is 0.118. The Morgan fingerprint density at radius 1 is 1.20 bits per heavy atom. The number of furan rings is 1. The van der Waals surface area contributed by atoms with Crippen molar-refractivity contribution in [1.29, 1.82) is 0 Å². The van der Waals surface area contributed by atoms with Crippen molar-refractivity contribution >= 4 is 35.1 Å². The number of aromatic nitrogens is 2. The Bertz CT molecular complexity index is 846. The van der Waals surface area contributed by atoms with Gasteiger partial charge >= 0.3 is 0 Å². The van der Waals surface area contributed by atoms with E-state index in [4.69, 9.17) is 8.83 Å². The van der Waals surface area contributed by atoms with Gasteiger partial charge in [0.15, 0.2) is 5.76 Å². The molecule has 0 saturated carbocycles. The number of hydrogen-bond acceptors (Lipinski definition) is 7. The van der Waals surface area contributed by atoms with Crippen molar-refractivity contribution in [2.75, 3.05) is 16.8 Å². The SMILES string of the molecule is C=CCSc1ccccc1NC(=O)CSc1nnc(-c2ccco2)o1. The Hall–Kier alpha value is -2.45. The number of nitrogens with zero attached hydrogens (tertiary/aromatic N) is 2. The Morgan fingerprint density at radius 2 is 2.08 bits per heavy atom. The molecule has 1 aromatic carbocycles. The molecule has 0 spiro atoms. The lowest BCUT2D eigenvalue weighted by molar-refractivity contribution is -0.113. The molecule has 2 heterocycles. The van der Waals surface area contributed by atoms with Crippen LogP contribution in [0.5, 0.6) is 0 Å². The smallest absolute Gasteiger partial charge is 0.284 e. The third-order valence-electron chi connectivity index (χ3n) is 2.98. The Balaban J connectivity index is 1.56. The number of nitrogens with one attached hydrogen (secondary N) is 1. The maximum atomic E-state index is 12.2. The van der Waals surface area contributed by atoms with Gasteiger partial charge in [-0.15, -0.1) is 28.5 Å². The first-order valence-electron chi connectivity index (χ1n) is 7.39. The normalized spacial score (nSPS) is 10.6. The van der Waals surface area contributed by atoms with Crippen molar-refractivity contribution < 1.29 is 13.6 Å². The molecule has 0 fully saturated rings. The average Bonchev–Trinajstić information content (AvgIpc) is 3.30. The van der Waals surface area contributed by atoms with Gasteiger partial charge in [0.2, 0.25) is 5.91 Å². The van der Waals surface area contributed by atoms with Gasteiger partial charge in [-0.3, -0.25) is 4.79 Å². The van der Waals surface area contributed by atoms with E-state index in [1.807, 2.05) is 30.3 Å². The van der Waals surface area contributed by atoms with E-state index >= 15 is 0 Å². The van der Waals surface area contributed by atoms with Crippen LogP contribution in [0.15, 0.2) is 74.3 Å². The van der Waals surface area contributed by atoms with Crippen LogP contribution < -0.4 is 5.32 Å². The van der Waals surface area contributed by atoms with Crippen LogP contribution in [0, 0.1) is 0 Å². The van der Waals surface area contributed by atoms with Crippen molar-refractivity contribution in [3.05, 3.63) is 55.3 Å². The molecule has 0 saturated heterocycles. The molecule has 0 radical (unpaired) electrons. The summed E-state index contributed by atoms with van der Waals surface area (Å²) in [6.45, 7) is 3.71. The van der Waals surface area contributed by atoms with E-state index < -0.39 is 0 Å². The van der Waals surface area contributed by atoms with E-state index in [1.54, 1.807) is 23.9 Å². The molecule has 1 amide bonds. The van der Waals surface area contributed by atoms with Crippen LogP contribution in [0.4, 0.5) is 5.69 Å². The predicted octanol–water partition coefficient (Wildman–Crippen LogP) is 4.34. The Morgan fingerprint density at radius 3 is 2.88 bits per heavy atom. The molecule has 6 nitrogen and oxygen atoms in total. The Labute approximate surface area is 153 Å². The molecule has 1 N–H and O–H groups in total. The Kier molecular flexibility index (Phi) is 5.97. The van der Waals surface area contributed by atoms with Crippen molar-refractivity contribution in [3.63, 3.8) is 0 Å². The van der Waals surface area contributed by atoms with Gasteiger partial charge in [-0.05, 0) is 24.3 Å². The minimum absolute atomic E-state index is 0.144. The lowest BCUT2D eigenvalue weighted by atomic mass is 10.3. The van der Waals surface area contributed by atoms with E-state index in [9.17, 15) is 4.79 Å². The van der Waals surface area contributed by atoms with Gasteiger partial charge in [0.1, 0.15) is 0 Å². The summed E-state index contributed by atoms with van der Waals surface area (Å²) in [7, 11) is 0. The molecule has 0 unspecified atom stereocenters. The van der Waals surface area contributed by atoms with E-state index in [0.29, 0.717) is 16.9 Å². The molecule has 25 heavy (non-hydrogen) atoms. The molecular formula is C17H15N3O3S2. The number of para-hydroxylation sites is 1. The minimum atomic E-state index is -0.144. The topological polar surface area (TPSA) is 81.2 Å². The number of rotatable bonds is 8. The second-order valence-corrected chi connectivity index (χ2v) is 6.77. The summed E-state index contributed by atoms with van der Waals surface area (Å²) < 4.78 is 10.6. The third kappa shape index (κ3) is 4.77. The number of anilines is 1. The van der Waals surface area contributed by atoms with Gasteiger partial charge in [0.05, 0.1) is 17.7 Å². The molecule has 0 atom stereocenters. The van der Waals surface area contributed by atoms with Crippen molar-refractivity contribution in [3.8, 4) is 11.7 Å². The highest BCUT2D eigenvalue weighted by atomic mass is 32.2. The van der Waals surface area contributed by atoms with Crippen molar-refractivity contribution in [1.82, 2.24) is 10.2 Å².